The van der Waals surface area contributed by atoms with Crippen LogP contribution in [0, 0.1) is 0 Å². The van der Waals surface area contributed by atoms with Crippen LogP contribution in [0.2, 0.25) is 0 Å². The lowest BCUT2D eigenvalue weighted by Crippen LogP contribution is -2.41. The second-order valence-corrected chi connectivity index (χ2v) is 7.82. The second-order valence-electron chi connectivity index (χ2n) is 6.90. The van der Waals surface area contributed by atoms with Crippen molar-refractivity contribution >= 4 is 27.8 Å². The number of rotatable bonds is 7. The minimum atomic E-state index is -0.415. The summed E-state index contributed by atoms with van der Waals surface area (Å²) in [5.41, 5.74) is 8.38. The Balaban J connectivity index is 1.63. The number of aliphatic imine (C=N–C) groups is 1. The number of halogens is 1. The summed E-state index contributed by atoms with van der Waals surface area (Å²) in [4.78, 5) is 15.8. The Labute approximate surface area is 168 Å². The number of amides is 1. The minimum absolute atomic E-state index is 0.198. The zero-order valence-corrected chi connectivity index (χ0v) is 17.1. The van der Waals surface area contributed by atoms with E-state index in [1.165, 1.54) is 18.4 Å². The first-order valence-corrected chi connectivity index (χ1v) is 9.99. The number of carbonyl (C=O) groups excluding carboxylic acids is 1. The van der Waals surface area contributed by atoms with Gasteiger partial charge in [-0.25, -0.2) is 4.99 Å². The van der Waals surface area contributed by atoms with Gasteiger partial charge in [0, 0.05) is 28.5 Å². The van der Waals surface area contributed by atoms with Crippen LogP contribution < -0.4 is 16.4 Å². The zero-order valence-electron chi connectivity index (χ0n) is 15.5. The van der Waals surface area contributed by atoms with Gasteiger partial charge in [0.05, 0.1) is 6.54 Å². The van der Waals surface area contributed by atoms with Crippen molar-refractivity contribution < 1.29 is 4.79 Å². The number of benzene rings is 2. The van der Waals surface area contributed by atoms with E-state index in [2.05, 4.69) is 62.7 Å². The molecule has 0 aliphatic heterocycles. The SMILES string of the molecule is CCNC(=NCc1ccc(C(N)=O)cc1)NCC1(c2cccc(Br)c2)CC1. The van der Waals surface area contributed by atoms with E-state index in [1.54, 1.807) is 12.1 Å². The standard InChI is InChI=1S/C21H25BrN4O/c1-2-24-20(25-13-15-6-8-16(9-7-15)19(23)27)26-14-21(10-11-21)17-4-3-5-18(22)12-17/h3-9,12H,2,10-11,13-14H2,1H3,(H2,23,27)(H2,24,25,26). The first-order valence-electron chi connectivity index (χ1n) is 9.19. The third kappa shape index (κ3) is 5.10. The summed E-state index contributed by atoms with van der Waals surface area (Å²) in [6, 6.07) is 15.8. The van der Waals surface area contributed by atoms with Crippen molar-refractivity contribution in [2.75, 3.05) is 13.1 Å². The van der Waals surface area contributed by atoms with E-state index >= 15 is 0 Å². The Morgan fingerprint density at radius 2 is 1.93 bits per heavy atom. The molecule has 142 valence electrons. The van der Waals surface area contributed by atoms with E-state index in [9.17, 15) is 4.79 Å². The van der Waals surface area contributed by atoms with Gasteiger partial charge in [-0.2, -0.15) is 0 Å². The van der Waals surface area contributed by atoms with Gasteiger partial charge < -0.3 is 16.4 Å². The number of nitrogens with zero attached hydrogens (tertiary/aromatic N) is 1. The fourth-order valence-corrected chi connectivity index (χ4v) is 3.48. The average Bonchev–Trinajstić information content (AvgIpc) is 3.45. The number of guanidine groups is 1. The van der Waals surface area contributed by atoms with Crippen molar-refractivity contribution in [2.45, 2.75) is 31.7 Å². The van der Waals surface area contributed by atoms with Crippen molar-refractivity contribution in [3.63, 3.8) is 0 Å². The molecule has 1 aliphatic rings. The molecule has 0 radical (unpaired) electrons. The highest BCUT2D eigenvalue weighted by Gasteiger charge is 2.44. The molecule has 5 nitrogen and oxygen atoms in total. The Hall–Kier alpha value is -2.34. The smallest absolute Gasteiger partial charge is 0.248 e. The molecule has 0 unspecified atom stereocenters. The van der Waals surface area contributed by atoms with E-state index in [-0.39, 0.29) is 5.41 Å². The molecule has 27 heavy (non-hydrogen) atoms. The lowest BCUT2D eigenvalue weighted by Gasteiger charge is -2.19. The molecule has 0 spiro atoms. The Bertz CT molecular complexity index is 828. The summed E-state index contributed by atoms with van der Waals surface area (Å²) in [6.07, 6.45) is 2.37. The lowest BCUT2D eigenvalue weighted by atomic mass is 9.96. The lowest BCUT2D eigenvalue weighted by molar-refractivity contribution is 0.100. The molecule has 0 atom stereocenters. The van der Waals surface area contributed by atoms with Gasteiger partial charge in [-0.1, -0.05) is 40.2 Å². The summed E-state index contributed by atoms with van der Waals surface area (Å²) in [7, 11) is 0. The number of nitrogens with two attached hydrogens (primary N) is 1. The molecular formula is C21H25BrN4O. The molecule has 2 aromatic rings. The minimum Gasteiger partial charge on any atom is -0.366 e. The Morgan fingerprint density at radius 1 is 1.19 bits per heavy atom. The molecule has 1 fully saturated rings. The van der Waals surface area contributed by atoms with Crippen LogP contribution in [0.25, 0.3) is 0 Å². The summed E-state index contributed by atoms with van der Waals surface area (Å²) >= 11 is 3.57. The van der Waals surface area contributed by atoms with Crippen LogP contribution in [0.3, 0.4) is 0 Å². The topological polar surface area (TPSA) is 79.5 Å². The molecule has 1 saturated carbocycles. The van der Waals surface area contributed by atoms with E-state index < -0.39 is 5.91 Å². The predicted octanol–water partition coefficient (Wildman–Crippen LogP) is 3.33. The quantitative estimate of drug-likeness (QED) is 0.467. The van der Waals surface area contributed by atoms with Gasteiger partial charge in [0.1, 0.15) is 0 Å². The van der Waals surface area contributed by atoms with Crippen molar-refractivity contribution in [3.8, 4) is 0 Å². The molecular weight excluding hydrogens is 404 g/mol. The fourth-order valence-electron chi connectivity index (χ4n) is 3.08. The molecule has 2 aromatic carbocycles. The number of hydrogen-bond donors (Lipinski definition) is 3. The maximum Gasteiger partial charge on any atom is 0.248 e. The van der Waals surface area contributed by atoms with Crippen LogP contribution in [-0.2, 0) is 12.0 Å². The normalized spacial score (nSPS) is 15.3. The third-order valence-electron chi connectivity index (χ3n) is 4.89. The summed E-state index contributed by atoms with van der Waals surface area (Å²) in [6.45, 7) is 4.25. The maximum absolute atomic E-state index is 11.2. The van der Waals surface area contributed by atoms with Crippen molar-refractivity contribution in [3.05, 3.63) is 69.7 Å². The molecule has 1 amide bonds. The average molecular weight is 429 g/mol. The largest absolute Gasteiger partial charge is 0.366 e. The van der Waals surface area contributed by atoms with Crippen LogP contribution in [0.5, 0.6) is 0 Å². The zero-order chi connectivity index (χ0) is 19.3. The number of hydrogen-bond acceptors (Lipinski definition) is 2. The highest BCUT2D eigenvalue weighted by molar-refractivity contribution is 9.10. The molecule has 6 heteroatoms. The molecule has 3 rings (SSSR count). The number of carbonyl (C=O) groups is 1. The van der Waals surface area contributed by atoms with E-state index in [0.29, 0.717) is 12.1 Å². The molecule has 0 aromatic heterocycles. The van der Waals surface area contributed by atoms with Crippen LogP contribution in [0.1, 0.15) is 41.3 Å². The summed E-state index contributed by atoms with van der Waals surface area (Å²) in [5, 5.41) is 6.79. The van der Waals surface area contributed by atoms with Crippen LogP contribution in [0.15, 0.2) is 58.0 Å². The van der Waals surface area contributed by atoms with Gasteiger partial charge in [-0.15, -0.1) is 0 Å². The van der Waals surface area contributed by atoms with Crippen molar-refractivity contribution in [1.29, 1.82) is 0 Å². The van der Waals surface area contributed by atoms with Crippen molar-refractivity contribution in [1.82, 2.24) is 10.6 Å². The van der Waals surface area contributed by atoms with Crippen LogP contribution in [0.4, 0.5) is 0 Å². The Morgan fingerprint density at radius 3 is 2.52 bits per heavy atom. The van der Waals surface area contributed by atoms with Gasteiger partial charge in [0.25, 0.3) is 0 Å². The molecule has 0 heterocycles. The third-order valence-corrected chi connectivity index (χ3v) is 5.38. The van der Waals surface area contributed by atoms with Gasteiger partial charge in [-0.3, -0.25) is 4.79 Å². The summed E-state index contributed by atoms with van der Waals surface area (Å²) < 4.78 is 1.12. The van der Waals surface area contributed by atoms with Crippen LogP contribution in [-0.4, -0.2) is 25.0 Å². The molecule has 0 saturated heterocycles. The van der Waals surface area contributed by atoms with Gasteiger partial charge in [0.2, 0.25) is 5.91 Å². The monoisotopic (exact) mass is 428 g/mol. The molecule has 4 N–H and O–H groups in total. The number of primary amides is 1. The van der Waals surface area contributed by atoms with Gasteiger partial charge in [-0.05, 0) is 55.2 Å². The maximum atomic E-state index is 11.2. The highest BCUT2D eigenvalue weighted by Crippen LogP contribution is 2.48. The van der Waals surface area contributed by atoms with Gasteiger partial charge in [0.15, 0.2) is 5.96 Å². The molecule has 1 aliphatic carbocycles. The fraction of sp³-hybridized carbons (Fsp3) is 0.333. The van der Waals surface area contributed by atoms with E-state index in [1.807, 2.05) is 12.1 Å². The summed E-state index contributed by atoms with van der Waals surface area (Å²) in [5.74, 6) is 0.389. The first kappa shape index (κ1) is 19.4. The van der Waals surface area contributed by atoms with E-state index in [4.69, 9.17) is 5.73 Å². The van der Waals surface area contributed by atoms with Crippen molar-refractivity contribution in [2.24, 2.45) is 10.7 Å². The first-order chi connectivity index (χ1) is 13.0. The number of nitrogens with one attached hydrogen (secondary N) is 2. The van der Waals surface area contributed by atoms with Gasteiger partial charge >= 0.3 is 0 Å². The Kier molecular flexibility index (Phi) is 6.16. The predicted molar refractivity (Wildman–Crippen MR) is 113 cm³/mol. The van der Waals surface area contributed by atoms with Crippen LogP contribution >= 0.6 is 15.9 Å². The second kappa shape index (κ2) is 8.57. The highest BCUT2D eigenvalue weighted by atomic mass is 79.9. The van der Waals surface area contributed by atoms with E-state index in [0.717, 1.165) is 29.1 Å². The molecule has 0 bridgehead atoms.